The summed E-state index contributed by atoms with van der Waals surface area (Å²) in [4.78, 5) is 25.9. The molecule has 0 atom stereocenters. The Labute approximate surface area is 127 Å². The van der Waals surface area contributed by atoms with E-state index in [1.807, 2.05) is 0 Å². The van der Waals surface area contributed by atoms with Crippen molar-refractivity contribution >= 4 is 38.3 Å². The van der Waals surface area contributed by atoms with Crippen molar-refractivity contribution in [2.45, 2.75) is 0 Å². The molecule has 6 heteroatoms. The number of halogens is 1. The zero-order chi connectivity index (χ0) is 15.0. The lowest BCUT2D eigenvalue weighted by molar-refractivity contribution is -0.384. The third-order valence-electron chi connectivity index (χ3n) is 3.23. The number of fused-ring (bicyclic) bond motifs is 1. The molecular formula is C15H9BrN2O3. The van der Waals surface area contributed by atoms with Crippen molar-refractivity contribution in [3.05, 3.63) is 74.4 Å². The van der Waals surface area contributed by atoms with Crippen LogP contribution in [0.5, 0.6) is 0 Å². The summed E-state index contributed by atoms with van der Waals surface area (Å²) in [5, 5.41) is 11.4. The van der Waals surface area contributed by atoms with Crippen LogP contribution in [-0.4, -0.2) is 15.7 Å². The molecule has 0 unspecified atom stereocenters. The average Bonchev–Trinajstić information content (AvgIpc) is 2.90. The number of aromatic amines is 1. The topological polar surface area (TPSA) is 76.0 Å². The van der Waals surface area contributed by atoms with E-state index in [4.69, 9.17) is 0 Å². The van der Waals surface area contributed by atoms with Crippen molar-refractivity contribution in [1.82, 2.24) is 4.98 Å². The normalized spacial score (nSPS) is 10.7. The first-order valence-corrected chi connectivity index (χ1v) is 6.91. The maximum absolute atomic E-state index is 12.5. The molecule has 3 rings (SSSR count). The predicted octanol–water partition coefficient (Wildman–Crippen LogP) is 4.07. The van der Waals surface area contributed by atoms with Gasteiger partial charge in [-0.1, -0.05) is 15.9 Å². The summed E-state index contributed by atoms with van der Waals surface area (Å²) in [6.07, 6.45) is 1.58. The molecule has 1 aromatic heterocycles. The van der Waals surface area contributed by atoms with Crippen molar-refractivity contribution in [2.24, 2.45) is 0 Å². The van der Waals surface area contributed by atoms with Gasteiger partial charge in [0.15, 0.2) is 5.78 Å². The molecule has 104 valence electrons. The number of benzene rings is 2. The molecular weight excluding hydrogens is 336 g/mol. The Kier molecular flexibility index (Phi) is 3.31. The molecule has 0 saturated heterocycles. The number of nitro groups is 1. The number of carbonyl (C=O) groups excluding carboxylic acids is 1. The van der Waals surface area contributed by atoms with Crippen molar-refractivity contribution < 1.29 is 9.72 Å². The highest BCUT2D eigenvalue weighted by atomic mass is 79.9. The molecule has 0 aliphatic rings. The standard InChI is InChI=1S/C15H9BrN2O3/c16-10-3-1-9(2-4-10)15(19)13-8-17-14-6-5-11(18(20)21)7-12(13)14/h1-8,17H. The SMILES string of the molecule is O=C(c1ccc(Br)cc1)c1c[nH]c2ccc([N+](=O)[O-])cc12. The second-order valence-electron chi connectivity index (χ2n) is 4.53. The monoisotopic (exact) mass is 344 g/mol. The molecule has 0 spiro atoms. The molecule has 0 aliphatic carbocycles. The fraction of sp³-hybridized carbons (Fsp3) is 0. The van der Waals surface area contributed by atoms with E-state index < -0.39 is 4.92 Å². The van der Waals surface area contributed by atoms with Gasteiger partial charge < -0.3 is 4.98 Å². The molecule has 0 bridgehead atoms. The number of ketones is 1. The predicted molar refractivity (Wildman–Crippen MR) is 82.5 cm³/mol. The summed E-state index contributed by atoms with van der Waals surface area (Å²) in [7, 11) is 0. The number of aromatic nitrogens is 1. The molecule has 5 nitrogen and oxygen atoms in total. The Hall–Kier alpha value is -2.47. The van der Waals surface area contributed by atoms with Gasteiger partial charge in [-0.05, 0) is 30.3 Å². The molecule has 0 saturated carbocycles. The van der Waals surface area contributed by atoms with Crippen LogP contribution in [0, 0.1) is 10.1 Å². The smallest absolute Gasteiger partial charge is 0.270 e. The van der Waals surface area contributed by atoms with E-state index in [9.17, 15) is 14.9 Å². The van der Waals surface area contributed by atoms with Gasteiger partial charge in [0.1, 0.15) is 0 Å². The summed E-state index contributed by atoms with van der Waals surface area (Å²) in [6.45, 7) is 0. The van der Waals surface area contributed by atoms with Crippen LogP contribution in [0.2, 0.25) is 0 Å². The van der Waals surface area contributed by atoms with Crippen LogP contribution >= 0.6 is 15.9 Å². The number of nitrogens with zero attached hydrogens (tertiary/aromatic N) is 1. The number of non-ortho nitro benzene ring substituents is 1. The average molecular weight is 345 g/mol. The van der Waals surface area contributed by atoms with Crippen LogP contribution < -0.4 is 0 Å². The van der Waals surface area contributed by atoms with Gasteiger partial charge >= 0.3 is 0 Å². The van der Waals surface area contributed by atoms with Gasteiger partial charge in [0.2, 0.25) is 0 Å². The molecule has 1 N–H and O–H groups in total. The van der Waals surface area contributed by atoms with Crippen LogP contribution in [0.4, 0.5) is 5.69 Å². The summed E-state index contributed by atoms with van der Waals surface area (Å²) >= 11 is 3.32. The third-order valence-corrected chi connectivity index (χ3v) is 3.76. The Morgan fingerprint density at radius 2 is 1.86 bits per heavy atom. The maximum Gasteiger partial charge on any atom is 0.270 e. The second kappa shape index (κ2) is 5.14. The first-order chi connectivity index (χ1) is 10.1. The zero-order valence-corrected chi connectivity index (χ0v) is 12.3. The summed E-state index contributed by atoms with van der Waals surface area (Å²) < 4.78 is 0.883. The fourth-order valence-corrected chi connectivity index (χ4v) is 2.43. The van der Waals surface area contributed by atoms with E-state index in [0.29, 0.717) is 22.0 Å². The summed E-state index contributed by atoms with van der Waals surface area (Å²) in [6, 6.07) is 11.4. The van der Waals surface area contributed by atoms with Crippen LogP contribution in [0.15, 0.2) is 53.1 Å². The van der Waals surface area contributed by atoms with Gasteiger partial charge in [0, 0.05) is 44.8 Å². The minimum absolute atomic E-state index is 0.0352. The minimum atomic E-state index is -0.472. The number of H-pyrrole nitrogens is 1. The molecule has 21 heavy (non-hydrogen) atoms. The van der Waals surface area contributed by atoms with E-state index >= 15 is 0 Å². The minimum Gasteiger partial charge on any atom is -0.360 e. The molecule has 0 fully saturated rings. The first-order valence-electron chi connectivity index (χ1n) is 6.12. The van der Waals surface area contributed by atoms with Crippen molar-refractivity contribution in [1.29, 1.82) is 0 Å². The van der Waals surface area contributed by atoms with Crippen LogP contribution in [-0.2, 0) is 0 Å². The highest BCUT2D eigenvalue weighted by Gasteiger charge is 2.16. The van der Waals surface area contributed by atoms with E-state index in [-0.39, 0.29) is 11.5 Å². The number of carbonyl (C=O) groups is 1. The Balaban J connectivity index is 2.11. The number of rotatable bonds is 3. The van der Waals surface area contributed by atoms with Crippen LogP contribution in [0.1, 0.15) is 15.9 Å². The molecule has 0 amide bonds. The lowest BCUT2D eigenvalue weighted by atomic mass is 10.0. The van der Waals surface area contributed by atoms with Crippen LogP contribution in [0.25, 0.3) is 10.9 Å². The lowest BCUT2D eigenvalue weighted by Gasteiger charge is -2.00. The largest absolute Gasteiger partial charge is 0.360 e. The molecule has 0 radical (unpaired) electrons. The molecule has 1 heterocycles. The van der Waals surface area contributed by atoms with Crippen LogP contribution in [0.3, 0.4) is 0 Å². The van der Waals surface area contributed by atoms with Gasteiger partial charge in [-0.25, -0.2) is 0 Å². The number of hydrogen-bond acceptors (Lipinski definition) is 3. The number of nitrogens with one attached hydrogen (secondary N) is 1. The van der Waals surface area contributed by atoms with E-state index in [1.54, 1.807) is 36.5 Å². The van der Waals surface area contributed by atoms with Crippen molar-refractivity contribution in [3.63, 3.8) is 0 Å². The highest BCUT2D eigenvalue weighted by molar-refractivity contribution is 9.10. The Morgan fingerprint density at radius 1 is 1.14 bits per heavy atom. The van der Waals surface area contributed by atoms with Crippen molar-refractivity contribution in [3.8, 4) is 0 Å². The maximum atomic E-state index is 12.5. The quantitative estimate of drug-likeness (QED) is 0.442. The Bertz CT molecular complexity index is 853. The Morgan fingerprint density at radius 3 is 2.52 bits per heavy atom. The molecule has 3 aromatic rings. The zero-order valence-electron chi connectivity index (χ0n) is 10.7. The summed E-state index contributed by atoms with van der Waals surface area (Å²) in [5.74, 6) is -0.172. The van der Waals surface area contributed by atoms with Gasteiger partial charge in [-0.3, -0.25) is 14.9 Å². The third kappa shape index (κ3) is 2.45. The number of nitro benzene ring substituents is 1. The van der Waals surface area contributed by atoms with Gasteiger partial charge in [-0.15, -0.1) is 0 Å². The van der Waals surface area contributed by atoms with Crippen molar-refractivity contribution in [2.75, 3.05) is 0 Å². The van der Waals surface area contributed by atoms with E-state index in [0.717, 1.165) is 4.47 Å². The van der Waals surface area contributed by atoms with E-state index in [1.165, 1.54) is 12.1 Å². The molecule has 0 aliphatic heterocycles. The van der Waals surface area contributed by atoms with E-state index in [2.05, 4.69) is 20.9 Å². The van der Waals surface area contributed by atoms with Gasteiger partial charge in [0.25, 0.3) is 5.69 Å². The molecule has 2 aromatic carbocycles. The van der Waals surface area contributed by atoms with Gasteiger partial charge in [0.05, 0.1) is 4.92 Å². The number of hydrogen-bond donors (Lipinski definition) is 1. The fourth-order valence-electron chi connectivity index (χ4n) is 2.17. The van der Waals surface area contributed by atoms with Gasteiger partial charge in [-0.2, -0.15) is 0 Å². The lowest BCUT2D eigenvalue weighted by Crippen LogP contribution is -2.00. The second-order valence-corrected chi connectivity index (χ2v) is 5.44. The summed E-state index contributed by atoms with van der Waals surface area (Å²) in [5.41, 5.74) is 1.62. The highest BCUT2D eigenvalue weighted by Crippen LogP contribution is 2.25. The first kappa shape index (κ1) is 13.5.